The summed E-state index contributed by atoms with van der Waals surface area (Å²) in [5.41, 5.74) is 1.40. The maximum Gasteiger partial charge on any atom is 0.225 e. The number of nitrogens with zero attached hydrogens (tertiary/aromatic N) is 2. The Morgan fingerprint density at radius 2 is 2.25 bits per heavy atom. The van der Waals surface area contributed by atoms with Crippen molar-refractivity contribution >= 4 is 5.91 Å². The van der Waals surface area contributed by atoms with Gasteiger partial charge in [-0.25, -0.2) is 0 Å². The van der Waals surface area contributed by atoms with Crippen molar-refractivity contribution in [1.29, 1.82) is 0 Å². The summed E-state index contributed by atoms with van der Waals surface area (Å²) in [4.78, 5) is 12.3. The lowest BCUT2D eigenvalue weighted by atomic mass is 9.89. The molecule has 0 spiro atoms. The minimum absolute atomic E-state index is 0.0131. The van der Waals surface area contributed by atoms with Crippen molar-refractivity contribution in [2.45, 2.75) is 33.1 Å². The lowest BCUT2D eigenvalue weighted by Crippen LogP contribution is -2.36. The van der Waals surface area contributed by atoms with Gasteiger partial charge in [0.05, 0.1) is 12.1 Å². The molecule has 0 radical (unpaired) electrons. The molecule has 1 amide bonds. The molecule has 1 aromatic heterocycles. The largest absolute Gasteiger partial charge is 0.356 e. The smallest absolute Gasteiger partial charge is 0.225 e. The first-order chi connectivity index (χ1) is 9.37. The molecule has 0 saturated carbocycles. The van der Waals surface area contributed by atoms with E-state index in [-0.39, 0.29) is 23.2 Å². The minimum atomic E-state index is 0.0131. The predicted molar refractivity (Wildman–Crippen MR) is 79.4 cm³/mol. The fourth-order valence-corrected chi connectivity index (χ4v) is 2.63. The molecule has 1 saturated heterocycles. The second-order valence-electron chi connectivity index (χ2n) is 6.92. The van der Waals surface area contributed by atoms with Gasteiger partial charge in [0.25, 0.3) is 0 Å². The molecule has 20 heavy (non-hydrogen) atoms. The summed E-state index contributed by atoms with van der Waals surface area (Å²) in [6.45, 7) is 8.92. The molecular formula is C15H26N4O. The highest BCUT2D eigenvalue weighted by Gasteiger charge is 2.34. The quantitative estimate of drug-likeness (QED) is 0.872. The average molecular weight is 278 g/mol. The number of carbonyl (C=O) groups excluding carboxylic acids is 1. The molecule has 1 aliphatic heterocycles. The van der Waals surface area contributed by atoms with Gasteiger partial charge in [-0.2, -0.15) is 5.10 Å². The van der Waals surface area contributed by atoms with E-state index in [9.17, 15) is 4.79 Å². The van der Waals surface area contributed by atoms with Crippen LogP contribution in [-0.4, -0.2) is 35.3 Å². The van der Waals surface area contributed by atoms with Crippen LogP contribution < -0.4 is 10.6 Å². The summed E-state index contributed by atoms with van der Waals surface area (Å²) in [7, 11) is 1.91. The maximum absolute atomic E-state index is 12.3. The van der Waals surface area contributed by atoms with Crippen molar-refractivity contribution in [3.63, 3.8) is 0 Å². The van der Waals surface area contributed by atoms with Gasteiger partial charge in [-0.15, -0.1) is 0 Å². The number of aryl methyl sites for hydroxylation is 1. The van der Waals surface area contributed by atoms with E-state index in [1.165, 1.54) is 0 Å². The Balaban J connectivity index is 1.92. The molecule has 1 aliphatic rings. The zero-order chi connectivity index (χ0) is 14.8. The minimum Gasteiger partial charge on any atom is -0.356 e. The Bertz CT molecular complexity index is 461. The van der Waals surface area contributed by atoms with Crippen LogP contribution in [0, 0.1) is 11.3 Å². The molecule has 0 aromatic carbocycles. The summed E-state index contributed by atoms with van der Waals surface area (Å²) in [6.07, 6.45) is 4.87. The Hall–Kier alpha value is -1.36. The summed E-state index contributed by atoms with van der Waals surface area (Å²) in [5, 5.41) is 10.6. The Morgan fingerprint density at radius 3 is 2.85 bits per heavy atom. The Kier molecular flexibility index (Phi) is 4.48. The molecule has 5 nitrogen and oxygen atoms in total. The number of amides is 1. The van der Waals surface area contributed by atoms with Crippen molar-refractivity contribution in [3.8, 4) is 0 Å². The third kappa shape index (κ3) is 3.82. The first-order valence-corrected chi connectivity index (χ1v) is 7.34. The van der Waals surface area contributed by atoms with Crippen LogP contribution in [0.15, 0.2) is 12.4 Å². The maximum atomic E-state index is 12.3. The van der Waals surface area contributed by atoms with E-state index in [1.54, 1.807) is 4.68 Å². The Labute approximate surface area is 121 Å². The van der Waals surface area contributed by atoms with E-state index in [2.05, 4.69) is 36.5 Å². The molecule has 2 heterocycles. The van der Waals surface area contributed by atoms with Crippen molar-refractivity contribution in [1.82, 2.24) is 20.4 Å². The number of rotatable bonds is 4. The van der Waals surface area contributed by atoms with E-state index >= 15 is 0 Å². The molecule has 0 aliphatic carbocycles. The van der Waals surface area contributed by atoms with Gasteiger partial charge in [-0.05, 0) is 17.4 Å². The fraction of sp³-hybridized carbons (Fsp3) is 0.733. The molecule has 0 unspecified atom stereocenters. The number of carbonyl (C=O) groups is 1. The highest BCUT2D eigenvalue weighted by molar-refractivity contribution is 5.80. The first kappa shape index (κ1) is 15.0. The molecule has 2 N–H and O–H groups in total. The van der Waals surface area contributed by atoms with Gasteiger partial charge in [0, 0.05) is 38.8 Å². The Morgan fingerprint density at radius 1 is 1.50 bits per heavy atom. The summed E-state index contributed by atoms with van der Waals surface area (Å²) in [5.74, 6) is 0.408. The number of hydrogen-bond acceptors (Lipinski definition) is 3. The molecule has 112 valence electrons. The predicted octanol–water partition coefficient (Wildman–Crippen LogP) is 1.28. The van der Waals surface area contributed by atoms with Crippen LogP contribution in [0.5, 0.6) is 0 Å². The third-order valence-corrected chi connectivity index (χ3v) is 3.88. The van der Waals surface area contributed by atoms with Crippen LogP contribution in [0.25, 0.3) is 0 Å². The van der Waals surface area contributed by atoms with Crippen molar-refractivity contribution in [3.05, 3.63) is 18.0 Å². The van der Waals surface area contributed by atoms with Crippen LogP contribution >= 0.6 is 0 Å². The fourth-order valence-electron chi connectivity index (χ4n) is 2.63. The zero-order valence-electron chi connectivity index (χ0n) is 12.9. The average Bonchev–Trinajstić information content (AvgIpc) is 2.94. The molecule has 5 heteroatoms. The van der Waals surface area contributed by atoms with E-state index in [4.69, 9.17) is 0 Å². The molecule has 1 fully saturated rings. The van der Waals surface area contributed by atoms with Crippen molar-refractivity contribution in [2.24, 2.45) is 18.4 Å². The number of nitrogens with one attached hydrogen (secondary N) is 2. The van der Waals surface area contributed by atoms with Gasteiger partial charge in [0.2, 0.25) is 5.91 Å². The zero-order valence-corrected chi connectivity index (χ0v) is 12.9. The highest BCUT2D eigenvalue weighted by Crippen LogP contribution is 2.28. The molecule has 2 atom stereocenters. The van der Waals surface area contributed by atoms with Crippen LogP contribution in [0.3, 0.4) is 0 Å². The highest BCUT2D eigenvalue weighted by atomic mass is 16.1. The van der Waals surface area contributed by atoms with Crippen molar-refractivity contribution in [2.75, 3.05) is 19.6 Å². The van der Waals surface area contributed by atoms with E-state index in [0.29, 0.717) is 0 Å². The lowest BCUT2D eigenvalue weighted by molar-refractivity contribution is -0.124. The van der Waals surface area contributed by atoms with Gasteiger partial charge in [-0.1, -0.05) is 20.8 Å². The summed E-state index contributed by atoms with van der Waals surface area (Å²) in [6, 6.07) is 0. The molecule has 2 rings (SSSR count). The van der Waals surface area contributed by atoms with Gasteiger partial charge < -0.3 is 10.6 Å². The van der Waals surface area contributed by atoms with Crippen LogP contribution in [0.1, 0.15) is 38.7 Å². The summed E-state index contributed by atoms with van der Waals surface area (Å²) < 4.78 is 1.79. The first-order valence-electron chi connectivity index (χ1n) is 7.34. The van der Waals surface area contributed by atoms with E-state index < -0.39 is 0 Å². The topological polar surface area (TPSA) is 59.0 Å². The molecular weight excluding hydrogens is 252 g/mol. The van der Waals surface area contributed by atoms with Gasteiger partial charge in [-0.3, -0.25) is 9.48 Å². The van der Waals surface area contributed by atoms with Gasteiger partial charge in [0.15, 0.2) is 0 Å². The number of aromatic nitrogens is 2. The normalized spacial score (nSPS) is 23.0. The monoisotopic (exact) mass is 278 g/mol. The lowest BCUT2D eigenvalue weighted by Gasteiger charge is -2.20. The number of hydrogen-bond donors (Lipinski definition) is 2. The van der Waals surface area contributed by atoms with Gasteiger partial charge >= 0.3 is 0 Å². The van der Waals surface area contributed by atoms with Crippen LogP contribution in [-0.2, 0) is 11.8 Å². The standard InChI is InChI=1S/C15H26N4O/c1-15(2,3)5-6-17-14(20)13-9-16-8-12(13)11-7-18-19(4)10-11/h7,10,12-13,16H,5-6,8-9H2,1-4H3,(H,17,20)/t12-,13+/m1/s1. The van der Waals surface area contributed by atoms with E-state index in [0.717, 1.165) is 31.6 Å². The SMILES string of the molecule is Cn1cc([C@H]2CNC[C@@H]2C(=O)NCCC(C)(C)C)cn1. The molecule has 0 bridgehead atoms. The summed E-state index contributed by atoms with van der Waals surface area (Å²) >= 11 is 0. The second-order valence-corrected chi connectivity index (χ2v) is 6.92. The van der Waals surface area contributed by atoms with Crippen LogP contribution in [0.2, 0.25) is 0 Å². The van der Waals surface area contributed by atoms with Gasteiger partial charge in [0.1, 0.15) is 0 Å². The van der Waals surface area contributed by atoms with E-state index in [1.807, 2.05) is 19.4 Å². The molecule has 1 aromatic rings. The van der Waals surface area contributed by atoms with Crippen molar-refractivity contribution < 1.29 is 4.79 Å². The van der Waals surface area contributed by atoms with Crippen LogP contribution in [0.4, 0.5) is 0 Å². The second kappa shape index (κ2) is 5.95. The third-order valence-electron chi connectivity index (χ3n) is 3.88.